The number of anilines is 1. The molecule has 2 aromatic heterocycles. The third-order valence-corrected chi connectivity index (χ3v) is 3.31. The van der Waals surface area contributed by atoms with Gasteiger partial charge in [0.05, 0.1) is 17.2 Å². The van der Waals surface area contributed by atoms with Gasteiger partial charge in [-0.15, -0.1) is 0 Å². The first-order valence-electron chi connectivity index (χ1n) is 7.28. The number of furan rings is 1. The normalized spacial score (nSPS) is 11.7. The number of aromatic nitrogens is 2. The summed E-state index contributed by atoms with van der Waals surface area (Å²) in [5, 5.41) is 4.67. The third-order valence-electron chi connectivity index (χ3n) is 3.31. The first-order valence-corrected chi connectivity index (χ1v) is 7.28. The van der Waals surface area contributed by atoms with Gasteiger partial charge in [-0.25, -0.2) is 10.4 Å². The number of hydrogen-bond donors (Lipinski definition) is 1. The highest BCUT2D eigenvalue weighted by Gasteiger charge is 2.08. The predicted octanol–water partition coefficient (Wildman–Crippen LogP) is 3.12. The maximum atomic E-state index is 12.4. The van der Waals surface area contributed by atoms with Crippen LogP contribution in [0.15, 0.2) is 63.1 Å². The number of hydrazone groups is 1. The molecule has 0 fully saturated rings. The van der Waals surface area contributed by atoms with Crippen molar-refractivity contribution < 1.29 is 4.42 Å². The molecule has 0 saturated heterocycles. The van der Waals surface area contributed by atoms with Crippen LogP contribution in [-0.4, -0.2) is 15.8 Å². The smallest absolute Gasteiger partial charge is 0.262 e. The lowest BCUT2D eigenvalue weighted by Gasteiger charge is -2.10. The lowest BCUT2D eigenvalue weighted by atomic mass is 10.2. The summed E-state index contributed by atoms with van der Waals surface area (Å²) >= 11 is 0. The van der Waals surface area contributed by atoms with Gasteiger partial charge in [-0.1, -0.05) is 12.1 Å². The Morgan fingerprint density at radius 3 is 2.96 bits per heavy atom. The van der Waals surface area contributed by atoms with E-state index < -0.39 is 0 Å². The van der Waals surface area contributed by atoms with Crippen LogP contribution in [0.3, 0.4) is 0 Å². The van der Waals surface area contributed by atoms with E-state index >= 15 is 0 Å². The molecule has 0 aliphatic heterocycles. The first-order chi connectivity index (χ1) is 11.3. The van der Waals surface area contributed by atoms with Crippen molar-refractivity contribution in [2.45, 2.75) is 13.5 Å². The van der Waals surface area contributed by atoms with Gasteiger partial charge in [0.2, 0.25) is 5.95 Å². The molecule has 0 bridgehead atoms. The molecule has 0 spiro atoms. The molecule has 0 atom stereocenters. The summed E-state index contributed by atoms with van der Waals surface area (Å²) in [7, 11) is 0. The van der Waals surface area contributed by atoms with E-state index in [2.05, 4.69) is 15.5 Å². The van der Waals surface area contributed by atoms with Crippen LogP contribution in [0, 0.1) is 0 Å². The Bertz CT molecular complexity index is 908. The molecule has 0 aliphatic carbocycles. The van der Waals surface area contributed by atoms with Gasteiger partial charge in [0, 0.05) is 12.8 Å². The molecule has 0 aliphatic rings. The molecule has 3 aromatic rings. The zero-order chi connectivity index (χ0) is 16.1. The Morgan fingerprint density at radius 1 is 1.30 bits per heavy atom. The van der Waals surface area contributed by atoms with E-state index in [-0.39, 0.29) is 5.56 Å². The molecule has 3 rings (SSSR count). The molecule has 116 valence electrons. The van der Waals surface area contributed by atoms with Crippen molar-refractivity contribution in [1.29, 1.82) is 0 Å². The van der Waals surface area contributed by atoms with Crippen molar-refractivity contribution in [2.24, 2.45) is 5.10 Å². The predicted molar refractivity (Wildman–Crippen MR) is 91.5 cm³/mol. The van der Waals surface area contributed by atoms with Crippen LogP contribution < -0.4 is 11.0 Å². The summed E-state index contributed by atoms with van der Waals surface area (Å²) in [6.45, 7) is 2.40. The van der Waals surface area contributed by atoms with Crippen molar-refractivity contribution in [3.63, 3.8) is 0 Å². The molecule has 0 saturated carbocycles. The van der Waals surface area contributed by atoms with Gasteiger partial charge >= 0.3 is 0 Å². The van der Waals surface area contributed by atoms with Crippen molar-refractivity contribution in [1.82, 2.24) is 9.55 Å². The Labute approximate surface area is 132 Å². The van der Waals surface area contributed by atoms with E-state index in [0.29, 0.717) is 23.4 Å². The fourth-order valence-corrected chi connectivity index (χ4v) is 2.21. The molecule has 1 N–H and O–H groups in total. The number of fused-ring (bicyclic) bond motifs is 1. The molecule has 1 aromatic carbocycles. The lowest BCUT2D eigenvalue weighted by molar-refractivity contribution is 0.557. The highest BCUT2D eigenvalue weighted by Crippen LogP contribution is 2.10. The Morgan fingerprint density at radius 2 is 2.17 bits per heavy atom. The third kappa shape index (κ3) is 3.21. The molecular formula is C17H16N4O2. The summed E-state index contributed by atoms with van der Waals surface area (Å²) in [4.78, 5) is 16.9. The maximum Gasteiger partial charge on any atom is 0.262 e. The van der Waals surface area contributed by atoms with E-state index in [4.69, 9.17) is 4.42 Å². The van der Waals surface area contributed by atoms with Gasteiger partial charge in [-0.05, 0) is 43.3 Å². The van der Waals surface area contributed by atoms with Gasteiger partial charge in [-0.2, -0.15) is 5.10 Å². The van der Waals surface area contributed by atoms with Gasteiger partial charge < -0.3 is 4.42 Å². The molecule has 0 amide bonds. The largest absolute Gasteiger partial charge is 0.465 e. The van der Waals surface area contributed by atoms with Crippen LogP contribution in [0.4, 0.5) is 5.95 Å². The van der Waals surface area contributed by atoms with E-state index in [1.54, 1.807) is 35.3 Å². The zero-order valence-corrected chi connectivity index (χ0v) is 12.6. The first kappa shape index (κ1) is 14.8. The fourth-order valence-electron chi connectivity index (χ4n) is 2.21. The van der Waals surface area contributed by atoms with E-state index in [1.165, 1.54) is 0 Å². The van der Waals surface area contributed by atoms with Crippen molar-refractivity contribution in [3.8, 4) is 0 Å². The lowest BCUT2D eigenvalue weighted by Crippen LogP contribution is -2.23. The van der Waals surface area contributed by atoms with Crippen molar-refractivity contribution in [3.05, 3.63) is 64.9 Å². The molecule has 0 unspecified atom stereocenters. The SMILES string of the molecule is CCn1c(NN=CC=Cc2ccco2)nc2ccccc2c1=O. The minimum Gasteiger partial charge on any atom is -0.465 e. The summed E-state index contributed by atoms with van der Waals surface area (Å²) in [6.07, 6.45) is 6.70. The second kappa shape index (κ2) is 6.74. The average Bonchev–Trinajstić information content (AvgIpc) is 3.08. The van der Waals surface area contributed by atoms with Crippen LogP contribution >= 0.6 is 0 Å². The second-order valence-electron chi connectivity index (χ2n) is 4.77. The number of hydrogen-bond acceptors (Lipinski definition) is 5. The summed E-state index contributed by atoms with van der Waals surface area (Å²) in [5.74, 6) is 1.16. The minimum absolute atomic E-state index is 0.0815. The standard InChI is InChI=1S/C17H16N4O2/c1-2-21-16(22)14-9-3-4-10-15(14)19-17(21)20-18-11-5-7-13-8-6-12-23-13/h3-12H,2H2,1H3,(H,19,20). The van der Waals surface area contributed by atoms with Gasteiger partial charge in [0.25, 0.3) is 5.56 Å². The van der Waals surface area contributed by atoms with E-state index in [0.717, 1.165) is 5.76 Å². The number of para-hydroxylation sites is 1. The Kier molecular flexibility index (Phi) is 4.33. The molecule has 0 radical (unpaired) electrons. The number of allylic oxidation sites excluding steroid dienone is 1. The van der Waals surface area contributed by atoms with Gasteiger partial charge in [0.15, 0.2) is 0 Å². The quantitative estimate of drug-likeness (QED) is 0.580. The highest BCUT2D eigenvalue weighted by atomic mass is 16.3. The second-order valence-corrected chi connectivity index (χ2v) is 4.77. The van der Waals surface area contributed by atoms with Crippen LogP contribution in [0.1, 0.15) is 12.7 Å². The summed E-state index contributed by atoms with van der Waals surface area (Å²) in [5.41, 5.74) is 3.38. The van der Waals surface area contributed by atoms with E-state index in [9.17, 15) is 4.79 Å². The topological polar surface area (TPSA) is 72.4 Å². The monoisotopic (exact) mass is 308 g/mol. The average molecular weight is 308 g/mol. The Hall–Kier alpha value is -3.15. The molecule has 6 nitrogen and oxygen atoms in total. The van der Waals surface area contributed by atoms with Crippen molar-refractivity contribution >= 4 is 29.1 Å². The zero-order valence-electron chi connectivity index (χ0n) is 12.6. The number of rotatable bonds is 5. The number of nitrogens with zero attached hydrogens (tertiary/aromatic N) is 3. The fraction of sp³-hybridized carbons (Fsp3) is 0.118. The van der Waals surface area contributed by atoms with E-state index in [1.807, 2.05) is 37.3 Å². The minimum atomic E-state index is -0.0815. The summed E-state index contributed by atoms with van der Waals surface area (Å²) < 4.78 is 6.72. The molecule has 23 heavy (non-hydrogen) atoms. The molecular weight excluding hydrogens is 292 g/mol. The van der Waals surface area contributed by atoms with Crippen LogP contribution in [-0.2, 0) is 6.54 Å². The number of nitrogens with one attached hydrogen (secondary N) is 1. The highest BCUT2D eigenvalue weighted by molar-refractivity contribution is 5.79. The van der Waals surface area contributed by atoms with Crippen molar-refractivity contribution in [2.75, 3.05) is 5.43 Å². The number of benzene rings is 1. The van der Waals surface area contributed by atoms with Crippen LogP contribution in [0.25, 0.3) is 17.0 Å². The van der Waals surface area contributed by atoms with Crippen LogP contribution in [0.5, 0.6) is 0 Å². The summed E-state index contributed by atoms with van der Waals surface area (Å²) in [6, 6.07) is 10.9. The van der Waals surface area contributed by atoms with Crippen LogP contribution in [0.2, 0.25) is 0 Å². The maximum absolute atomic E-state index is 12.4. The van der Waals surface area contributed by atoms with Gasteiger partial charge in [0.1, 0.15) is 5.76 Å². The van der Waals surface area contributed by atoms with Gasteiger partial charge in [-0.3, -0.25) is 9.36 Å². The molecule has 2 heterocycles. The molecule has 6 heteroatoms. The Balaban J connectivity index is 1.83.